The lowest BCUT2D eigenvalue weighted by atomic mass is 10.0. The Kier molecular flexibility index (Phi) is 6.85. The van der Waals surface area contributed by atoms with Crippen LogP contribution in [-0.2, 0) is 12.7 Å². The quantitative estimate of drug-likeness (QED) is 0.492. The highest BCUT2D eigenvalue weighted by molar-refractivity contribution is 6.00. The first-order chi connectivity index (χ1) is 15.6. The van der Waals surface area contributed by atoms with Crippen LogP contribution < -0.4 is 14.2 Å². The van der Waals surface area contributed by atoms with E-state index in [1.54, 1.807) is 26.1 Å². The number of methoxy groups -OCH3 is 3. The number of alkyl halides is 3. The minimum atomic E-state index is -4.53. The minimum Gasteiger partial charge on any atom is -0.493 e. The Bertz CT molecular complexity index is 1130. The molecule has 1 aromatic heterocycles. The van der Waals surface area contributed by atoms with E-state index in [9.17, 15) is 18.0 Å². The summed E-state index contributed by atoms with van der Waals surface area (Å²) in [6, 6.07) is 7.98. The number of carbonyl (C=O) groups excluding carboxylic acids is 1. The van der Waals surface area contributed by atoms with Gasteiger partial charge in [0.05, 0.1) is 32.6 Å². The van der Waals surface area contributed by atoms with Gasteiger partial charge in [-0.2, -0.15) is 13.2 Å². The molecule has 7 nitrogen and oxygen atoms in total. The maximum atomic E-state index is 13.3. The third-order valence-corrected chi connectivity index (χ3v) is 5.02. The summed E-state index contributed by atoms with van der Waals surface area (Å²) in [4.78, 5) is 14.7. The molecule has 1 heterocycles. The first-order valence-corrected chi connectivity index (χ1v) is 9.79. The second kappa shape index (κ2) is 9.43. The lowest BCUT2D eigenvalue weighted by Gasteiger charge is -2.20. The van der Waals surface area contributed by atoms with Crippen LogP contribution in [0.15, 0.2) is 40.9 Å². The fourth-order valence-corrected chi connectivity index (χ4v) is 3.42. The highest BCUT2D eigenvalue weighted by Gasteiger charge is 2.32. The Hall–Kier alpha value is -3.69. The number of carbonyl (C=O) groups is 1. The van der Waals surface area contributed by atoms with E-state index < -0.39 is 17.6 Å². The van der Waals surface area contributed by atoms with Crippen molar-refractivity contribution in [2.45, 2.75) is 19.6 Å². The van der Waals surface area contributed by atoms with Gasteiger partial charge in [0.2, 0.25) is 5.75 Å². The molecule has 0 saturated heterocycles. The van der Waals surface area contributed by atoms with Crippen molar-refractivity contribution in [3.63, 3.8) is 0 Å². The molecule has 0 bridgehead atoms. The zero-order valence-corrected chi connectivity index (χ0v) is 18.7. The van der Waals surface area contributed by atoms with Crippen LogP contribution >= 0.6 is 0 Å². The number of amides is 1. The molecule has 0 fully saturated rings. The Morgan fingerprint density at radius 1 is 1.06 bits per heavy atom. The Labute approximate surface area is 188 Å². The van der Waals surface area contributed by atoms with E-state index in [1.807, 2.05) is 0 Å². The van der Waals surface area contributed by atoms with Crippen LogP contribution in [0, 0.1) is 6.92 Å². The fraction of sp³-hybridized carbons (Fsp3) is 0.304. The van der Waals surface area contributed by atoms with Crippen molar-refractivity contribution in [2.75, 3.05) is 28.4 Å². The molecule has 0 aliphatic carbocycles. The first kappa shape index (κ1) is 24.0. The normalized spacial score (nSPS) is 11.3. The molecule has 3 aromatic rings. The van der Waals surface area contributed by atoms with Gasteiger partial charge in [-0.3, -0.25) is 4.79 Å². The van der Waals surface area contributed by atoms with Gasteiger partial charge in [-0.25, -0.2) is 0 Å². The van der Waals surface area contributed by atoms with E-state index in [-0.39, 0.29) is 29.1 Å². The number of nitrogens with zero attached hydrogens (tertiary/aromatic N) is 2. The van der Waals surface area contributed by atoms with Crippen molar-refractivity contribution >= 4 is 5.91 Å². The number of benzene rings is 2. The predicted octanol–water partition coefficient (Wildman–Crippen LogP) is 4.97. The van der Waals surface area contributed by atoms with Crippen molar-refractivity contribution in [3.8, 4) is 28.6 Å². The van der Waals surface area contributed by atoms with Gasteiger partial charge in [-0.15, -0.1) is 0 Å². The van der Waals surface area contributed by atoms with Crippen molar-refractivity contribution < 1.29 is 36.7 Å². The molecule has 0 radical (unpaired) electrons. The van der Waals surface area contributed by atoms with Gasteiger partial charge in [0.15, 0.2) is 17.3 Å². The maximum absolute atomic E-state index is 13.3. The Morgan fingerprint density at radius 3 is 2.24 bits per heavy atom. The van der Waals surface area contributed by atoms with Gasteiger partial charge in [0, 0.05) is 19.2 Å². The summed E-state index contributed by atoms with van der Waals surface area (Å²) in [5.41, 5.74) is 0.302. The molecular weight excluding hydrogens is 441 g/mol. The second-order valence-corrected chi connectivity index (χ2v) is 7.25. The van der Waals surface area contributed by atoms with Gasteiger partial charge in [-0.05, 0) is 36.8 Å². The number of ether oxygens (including phenoxy) is 3. The van der Waals surface area contributed by atoms with Gasteiger partial charge in [0.25, 0.3) is 5.91 Å². The average molecular weight is 464 g/mol. The van der Waals surface area contributed by atoms with Crippen LogP contribution in [0.2, 0.25) is 0 Å². The number of aromatic nitrogens is 1. The molecule has 1 amide bonds. The Balaban J connectivity index is 1.94. The summed E-state index contributed by atoms with van der Waals surface area (Å²) >= 11 is 0. The number of aryl methyl sites for hydroxylation is 1. The van der Waals surface area contributed by atoms with E-state index >= 15 is 0 Å². The summed E-state index contributed by atoms with van der Waals surface area (Å²) in [7, 11) is 6.02. The standard InChI is InChI=1S/C23H23F3N2O5/c1-13-19(20(33-27-13)15-7-6-8-16(11-15)23(24,25)26)22(29)28(2)12-14-9-17(30-3)21(32-5)18(10-14)31-4/h6-11H,12H2,1-5H3. The third-order valence-electron chi connectivity index (χ3n) is 5.02. The zero-order chi connectivity index (χ0) is 24.3. The molecule has 3 rings (SSSR count). The molecule has 33 heavy (non-hydrogen) atoms. The van der Waals surface area contributed by atoms with Crippen LogP contribution in [0.25, 0.3) is 11.3 Å². The summed E-state index contributed by atoms with van der Waals surface area (Å²) in [5, 5.41) is 3.81. The molecule has 10 heteroatoms. The molecule has 0 saturated carbocycles. The predicted molar refractivity (Wildman–Crippen MR) is 114 cm³/mol. The van der Waals surface area contributed by atoms with Crippen molar-refractivity contribution in [2.24, 2.45) is 0 Å². The average Bonchev–Trinajstić information content (AvgIpc) is 3.18. The molecule has 176 valence electrons. The minimum absolute atomic E-state index is 0.0275. The summed E-state index contributed by atoms with van der Waals surface area (Å²) in [6.07, 6.45) is -4.53. The van der Waals surface area contributed by atoms with Crippen molar-refractivity contribution in [1.29, 1.82) is 0 Å². The van der Waals surface area contributed by atoms with Crippen LogP contribution in [0.5, 0.6) is 17.2 Å². The van der Waals surface area contributed by atoms with Gasteiger partial charge >= 0.3 is 6.18 Å². The monoisotopic (exact) mass is 464 g/mol. The molecule has 0 spiro atoms. The molecule has 2 aromatic carbocycles. The van der Waals surface area contributed by atoms with Crippen molar-refractivity contribution in [3.05, 3.63) is 58.8 Å². The molecule has 0 N–H and O–H groups in total. The first-order valence-electron chi connectivity index (χ1n) is 9.79. The van der Waals surface area contributed by atoms with Gasteiger partial charge in [-0.1, -0.05) is 17.3 Å². The van der Waals surface area contributed by atoms with E-state index in [4.69, 9.17) is 18.7 Å². The number of rotatable bonds is 7. The Morgan fingerprint density at radius 2 is 1.70 bits per heavy atom. The largest absolute Gasteiger partial charge is 0.493 e. The summed E-state index contributed by atoms with van der Waals surface area (Å²) in [6.45, 7) is 1.71. The molecule has 0 aliphatic heterocycles. The number of hydrogen-bond acceptors (Lipinski definition) is 6. The maximum Gasteiger partial charge on any atom is 0.416 e. The van der Waals surface area contributed by atoms with Crippen LogP contribution in [0.3, 0.4) is 0 Å². The van der Waals surface area contributed by atoms with Crippen LogP contribution in [-0.4, -0.2) is 44.3 Å². The zero-order valence-electron chi connectivity index (χ0n) is 18.7. The lowest BCUT2D eigenvalue weighted by molar-refractivity contribution is -0.137. The number of halogens is 3. The van der Waals surface area contributed by atoms with E-state index in [0.717, 1.165) is 12.1 Å². The fourth-order valence-electron chi connectivity index (χ4n) is 3.42. The molecular formula is C23H23F3N2O5. The molecule has 0 atom stereocenters. The SMILES string of the molecule is COc1cc(CN(C)C(=O)c2c(C)noc2-c2cccc(C(F)(F)F)c2)cc(OC)c1OC. The van der Waals surface area contributed by atoms with E-state index in [1.165, 1.54) is 38.4 Å². The van der Waals surface area contributed by atoms with Crippen molar-refractivity contribution in [1.82, 2.24) is 10.1 Å². The lowest BCUT2D eigenvalue weighted by Crippen LogP contribution is -2.27. The number of hydrogen-bond donors (Lipinski definition) is 0. The highest BCUT2D eigenvalue weighted by Crippen LogP contribution is 2.39. The topological polar surface area (TPSA) is 74.0 Å². The van der Waals surface area contributed by atoms with Crippen LogP contribution in [0.1, 0.15) is 27.2 Å². The smallest absolute Gasteiger partial charge is 0.416 e. The van der Waals surface area contributed by atoms with Gasteiger partial charge < -0.3 is 23.6 Å². The summed E-state index contributed by atoms with van der Waals surface area (Å²) in [5.74, 6) is 0.784. The second-order valence-electron chi connectivity index (χ2n) is 7.25. The van der Waals surface area contributed by atoms with Crippen LogP contribution in [0.4, 0.5) is 13.2 Å². The third kappa shape index (κ3) is 4.89. The van der Waals surface area contributed by atoms with Gasteiger partial charge in [0.1, 0.15) is 5.56 Å². The van der Waals surface area contributed by atoms with E-state index in [2.05, 4.69) is 5.16 Å². The molecule has 0 aliphatic rings. The molecule has 0 unspecified atom stereocenters. The van der Waals surface area contributed by atoms with E-state index in [0.29, 0.717) is 22.8 Å². The summed E-state index contributed by atoms with van der Waals surface area (Å²) < 4.78 is 60.7. The highest BCUT2D eigenvalue weighted by atomic mass is 19.4.